The van der Waals surface area contributed by atoms with Gasteiger partial charge in [0.15, 0.2) is 0 Å². The molecule has 96 valence electrons. The van der Waals surface area contributed by atoms with Crippen LogP contribution in [0.5, 0.6) is 0 Å². The predicted octanol–water partition coefficient (Wildman–Crippen LogP) is 2.79. The Morgan fingerprint density at radius 1 is 1.11 bits per heavy atom. The molecule has 3 aromatic rings. The molecule has 0 aliphatic carbocycles. The van der Waals surface area contributed by atoms with Gasteiger partial charge in [-0.25, -0.2) is 8.78 Å². The summed E-state index contributed by atoms with van der Waals surface area (Å²) in [6.07, 6.45) is 4.40. The Balaban J connectivity index is 2.14. The van der Waals surface area contributed by atoms with Crippen LogP contribution in [0.25, 0.3) is 0 Å². The van der Waals surface area contributed by atoms with E-state index in [2.05, 4.69) is 10.2 Å². The summed E-state index contributed by atoms with van der Waals surface area (Å²) in [5.41, 5.74) is 0.288. The molecule has 0 aliphatic rings. The first-order chi connectivity index (χ1) is 9.25. The monoisotopic (exact) mass is 261 g/mol. The third-order valence-corrected chi connectivity index (χ3v) is 2.80. The van der Waals surface area contributed by atoms with Crippen molar-refractivity contribution in [2.75, 3.05) is 0 Å². The van der Waals surface area contributed by atoms with Gasteiger partial charge in [0.2, 0.25) is 0 Å². The van der Waals surface area contributed by atoms with Crippen LogP contribution in [0, 0.1) is 11.6 Å². The average molecular weight is 261 g/mol. The molecule has 2 aromatic heterocycles. The third-order valence-electron chi connectivity index (χ3n) is 2.80. The predicted molar refractivity (Wildman–Crippen MR) is 62.3 cm³/mol. The highest BCUT2D eigenvalue weighted by Gasteiger charge is 2.22. The molecule has 0 saturated heterocycles. The summed E-state index contributed by atoms with van der Waals surface area (Å²) in [6.45, 7) is 0. The Labute approximate surface area is 107 Å². The molecular weight excluding hydrogens is 252 g/mol. The molecule has 3 rings (SSSR count). The smallest absolute Gasteiger partial charge is 0.131 e. The van der Waals surface area contributed by atoms with Crippen molar-refractivity contribution in [2.45, 2.75) is 6.04 Å². The zero-order valence-corrected chi connectivity index (χ0v) is 9.70. The molecular formula is C13H9F2N3O. The number of furan rings is 1. The Morgan fingerprint density at radius 2 is 1.89 bits per heavy atom. The molecule has 1 aromatic carbocycles. The lowest BCUT2D eigenvalue weighted by molar-refractivity contribution is 0.447. The second kappa shape index (κ2) is 4.64. The van der Waals surface area contributed by atoms with Gasteiger partial charge < -0.3 is 8.98 Å². The summed E-state index contributed by atoms with van der Waals surface area (Å²) < 4.78 is 33.9. The molecule has 0 spiro atoms. The van der Waals surface area contributed by atoms with Gasteiger partial charge in [-0.15, -0.1) is 10.2 Å². The van der Waals surface area contributed by atoms with Gasteiger partial charge in [0.05, 0.1) is 6.26 Å². The van der Waals surface area contributed by atoms with E-state index in [1.165, 1.54) is 31.1 Å². The number of nitrogens with zero attached hydrogens (tertiary/aromatic N) is 3. The highest BCUT2D eigenvalue weighted by molar-refractivity contribution is 5.29. The maximum atomic E-state index is 13.9. The lowest BCUT2D eigenvalue weighted by Gasteiger charge is -2.16. The van der Waals surface area contributed by atoms with E-state index in [9.17, 15) is 8.78 Å². The summed E-state index contributed by atoms with van der Waals surface area (Å²) in [5.74, 6) is -0.747. The molecule has 0 bridgehead atoms. The number of hydrogen-bond acceptors (Lipinski definition) is 3. The van der Waals surface area contributed by atoms with Gasteiger partial charge >= 0.3 is 0 Å². The minimum Gasteiger partial charge on any atom is -0.467 e. The highest BCUT2D eigenvalue weighted by atomic mass is 19.1. The number of aromatic nitrogens is 3. The van der Waals surface area contributed by atoms with Crippen LogP contribution in [0.1, 0.15) is 17.4 Å². The van der Waals surface area contributed by atoms with E-state index >= 15 is 0 Å². The summed E-state index contributed by atoms with van der Waals surface area (Å²) in [7, 11) is 0. The van der Waals surface area contributed by atoms with Gasteiger partial charge in [-0.05, 0) is 18.2 Å². The van der Waals surface area contributed by atoms with Crippen LogP contribution in [-0.2, 0) is 0 Å². The number of rotatable bonds is 3. The summed E-state index contributed by atoms with van der Waals surface area (Å²) in [6, 6.07) is 6.29. The minimum atomic E-state index is -0.643. The first-order valence-electron chi connectivity index (χ1n) is 5.58. The largest absolute Gasteiger partial charge is 0.467 e. The van der Waals surface area contributed by atoms with Crippen molar-refractivity contribution < 1.29 is 13.2 Å². The SMILES string of the molecule is Fc1ccc(C(c2ccco2)n2cnnc2)c(F)c1. The quantitative estimate of drug-likeness (QED) is 0.728. The Hall–Kier alpha value is -2.50. The first-order valence-corrected chi connectivity index (χ1v) is 5.58. The molecule has 1 unspecified atom stereocenters. The van der Waals surface area contributed by atoms with Gasteiger partial charge in [-0.1, -0.05) is 6.07 Å². The lowest BCUT2D eigenvalue weighted by Crippen LogP contribution is -2.12. The third kappa shape index (κ3) is 2.12. The molecule has 2 heterocycles. The Kier molecular flexibility index (Phi) is 2.83. The van der Waals surface area contributed by atoms with Crippen LogP contribution in [-0.4, -0.2) is 14.8 Å². The number of halogens is 2. The van der Waals surface area contributed by atoms with E-state index < -0.39 is 17.7 Å². The van der Waals surface area contributed by atoms with E-state index in [1.54, 1.807) is 16.7 Å². The fraction of sp³-hybridized carbons (Fsp3) is 0.0769. The minimum absolute atomic E-state index is 0.288. The van der Waals surface area contributed by atoms with Crippen LogP contribution in [0.15, 0.2) is 53.7 Å². The van der Waals surface area contributed by atoms with Gasteiger partial charge in [0, 0.05) is 11.6 Å². The van der Waals surface area contributed by atoms with Crippen molar-refractivity contribution in [3.63, 3.8) is 0 Å². The molecule has 0 aliphatic heterocycles. The molecule has 4 nitrogen and oxygen atoms in total. The van der Waals surface area contributed by atoms with Gasteiger partial charge in [0.1, 0.15) is 36.1 Å². The summed E-state index contributed by atoms with van der Waals surface area (Å²) in [5, 5.41) is 7.40. The van der Waals surface area contributed by atoms with E-state index in [1.807, 2.05) is 0 Å². The van der Waals surface area contributed by atoms with Crippen LogP contribution in [0.2, 0.25) is 0 Å². The second-order valence-corrected chi connectivity index (χ2v) is 3.99. The fourth-order valence-corrected chi connectivity index (χ4v) is 1.97. The molecule has 0 amide bonds. The maximum Gasteiger partial charge on any atom is 0.131 e. The molecule has 1 atom stereocenters. The molecule has 0 N–H and O–H groups in total. The second-order valence-electron chi connectivity index (χ2n) is 3.99. The zero-order chi connectivity index (χ0) is 13.2. The molecule has 6 heteroatoms. The van der Waals surface area contributed by atoms with E-state index in [0.717, 1.165) is 6.07 Å². The van der Waals surface area contributed by atoms with E-state index in [-0.39, 0.29) is 5.56 Å². The first kappa shape index (κ1) is 11.6. The van der Waals surface area contributed by atoms with Crippen molar-refractivity contribution in [1.29, 1.82) is 0 Å². The average Bonchev–Trinajstić information content (AvgIpc) is 3.06. The summed E-state index contributed by atoms with van der Waals surface area (Å²) >= 11 is 0. The normalized spacial score (nSPS) is 12.5. The van der Waals surface area contributed by atoms with Crippen molar-refractivity contribution in [3.05, 3.63) is 72.2 Å². The fourth-order valence-electron chi connectivity index (χ4n) is 1.97. The Morgan fingerprint density at radius 3 is 2.53 bits per heavy atom. The van der Waals surface area contributed by atoms with E-state index in [0.29, 0.717) is 5.76 Å². The summed E-state index contributed by atoms with van der Waals surface area (Å²) in [4.78, 5) is 0. The van der Waals surface area contributed by atoms with Gasteiger partial charge in [-0.3, -0.25) is 0 Å². The Bertz CT molecular complexity index is 631. The van der Waals surface area contributed by atoms with Crippen LogP contribution in [0.3, 0.4) is 0 Å². The van der Waals surface area contributed by atoms with Crippen molar-refractivity contribution >= 4 is 0 Å². The van der Waals surface area contributed by atoms with Crippen LogP contribution >= 0.6 is 0 Å². The van der Waals surface area contributed by atoms with Gasteiger partial charge in [0.25, 0.3) is 0 Å². The molecule has 0 saturated carbocycles. The molecule has 0 fully saturated rings. The highest BCUT2D eigenvalue weighted by Crippen LogP contribution is 2.28. The van der Waals surface area contributed by atoms with Gasteiger partial charge in [-0.2, -0.15) is 0 Å². The van der Waals surface area contributed by atoms with Crippen LogP contribution < -0.4 is 0 Å². The lowest BCUT2D eigenvalue weighted by atomic mass is 10.0. The molecule has 19 heavy (non-hydrogen) atoms. The number of hydrogen-bond donors (Lipinski definition) is 0. The van der Waals surface area contributed by atoms with Crippen LogP contribution in [0.4, 0.5) is 8.78 Å². The van der Waals surface area contributed by atoms with Crippen molar-refractivity contribution in [1.82, 2.24) is 14.8 Å². The number of benzene rings is 1. The molecule has 0 radical (unpaired) electrons. The maximum absolute atomic E-state index is 13.9. The van der Waals surface area contributed by atoms with Crippen molar-refractivity contribution in [2.24, 2.45) is 0 Å². The zero-order valence-electron chi connectivity index (χ0n) is 9.70. The van der Waals surface area contributed by atoms with E-state index in [4.69, 9.17) is 4.42 Å². The topological polar surface area (TPSA) is 43.9 Å². The van der Waals surface area contributed by atoms with Crippen molar-refractivity contribution in [3.8, 4) is 0 Å². The standard InChI is InChI=1S/C13H9F2N3O/c14-9-3-4-10(11(15)6-9)13(12-2-1-5-19-12)18-7-16-17-8-18/h1-8,13H.